The molecule has 1 amide bonds. The smallest absolute Gasteiger partial charge is 0.219 e. The van der Waals surface area contributed by atoms with Crippen molar-refractivity contribution >= 4 is 11.7 Å². The Morgan fingerprint density at radius 2 is 2.19 bits per heavy atom. The van der Waals surface area contributed by atoms with Crippen molar-refractivity contribution < 1.29 is 9.53 Å². The van der Waals surface area contributed by atoms with Crippen LogP contribution in [0, 0.1) is 5.92 Å². The fraction of sp³-hybridized carbons (Fsp3) is 0.474. The summed E-state index contributed by atoms with van der Waals surface area (Å²) in [6.45, 7) is 5.33. The lowest BCUT2D eigenvalue weighted by Crippen LogP contribution is -2.35. The van der Waals surface area contributed by atoms with Gasteiger partial charge >= 0.3 is 0 Å². The number of fused-ring (bicyclic) bond motifs is 1. The molecule has 1 unspecified atom stereocenters. The van der Waals surface area contributed by atoms with Gasteiger partial charge in [0.05, 0.1) is 18.8 Å². The topological polar surface area (TPSA) is 80.2 Å². The highest BCUT2D eigenvalue weighted by Crippen LogP contribution is 2.27. The van der Waals surface area contributed by atoms with Crippen molar-refractivity contribution in [3.63, 3.8) is 0 Å². The lowest BCUT2D eigenvalue weighted by molar-refractivity contribution is -0.129. The van der Waals surface area contributed by atoms with Crippen LogP contribution in [0.1, 0.15) is 24.6 Å². The molecule has 1 N–H and O–H groups in total. The fourth-order valence-electron chi connectivity index (χ4n) is 3.46. The van der Waals surface area contributed by atoms with Crippen LogP contribution in [0.15, 0.2) is 24.5 Å². The van der Waals surface area contributed by atoms with E-state index < -0.39 is 0 Å². The highest BCUT2D eigenvalue weighted by molar-refractivity contribution is 5.74. The van der Waals surface area contributed by atoms with Gasteiger partial charge < -0.3 is 15.0 Å². The number of anilines is 1. The van der Waals surface area contributed by atoms with E-state index in [0.29, 0.717) is 24.8 Å². The summed E-state index contributed by atoms with van der Waals surface area (Å²) < 4.78 is 5.47. The van der Waals surface area contributed by atoms with Crippen molar-refractivity contribution in [3.8, 4) is 11.4 Å². The van der Waals surface area contributed by atoms with Crippen LogP contribution in [0.25, 0.3) is 11.4 Å². The number of carbonyl (C=O) groups is 1. The predicted molar refractivity (Wildman–Crippen MR) is 97.5 cm³/mol. The summed E-state index contributed by atoms with van der Waals surface area (Å²) in [5.41, 5.74) is 2.98. The summed E-state index contributed by atoms with van der Waals surface area (Å²) in [5.74, 6) is 2.15. The van der Waals surface area contributed by atoms with Gasteiger partial charge in [0.2, 0.25) is 5.91 Å². The molecule has 4 heterocycles. The van der Waals surface area contributed by atoms with Crippen molar-refractivity contribution in [1.82, 2.24) is 19.9 Å². The molecule has 136 valence electrons. The second-order valence-electron chi connectivity index (χ2n) is 6.86. The number of carbonyl (C=O) groups excluding carboxylic acids is 1. The molecule has 2 aliphatic rings. The maximum absolute atomic E-state index is 11.8. The van der Waals surface area contributed by atoms with Crippen LogP contribution in [-0.2, 0) is 22.5 Å². The first-order valence-electron chi connectivity index (χ1n) is 9.08. The molecule has 0 aromatic carbocycles. The molecule has 1 atom stereocenters. The van der Waals surface area contributed by atoms with E-state index in [1.54, 1.807) is 19.3 Å². The van der Waals surface area contributed by atoms with Gasteiger partial charge in [-0.2, -0.15) is 0 Å². The Morgan fingerprint density at radius 3 is 2.92 bits per heavy atom. The molecule has 0 saturated carbocycles. The van der Waals surface area contributed by atoms with Gasteiger partial charge in [0.25, 0.3) is 0 Å². The first-order valence-corrected chi connectivity index (χ1v) is 9.08. The van der Waals surface area contributed by atoms with Gasteiger partial charge in [0.15, 0.2) is 5.82 Å². The van der Waals surface area contributed by atoms with E-state index in [2.05, 4.69) is 10.3 Å². The van der Waals surface area contributed by atoms with Crippen molar-refractivity contribution in [3.05, 3.63) is 35.8 Å². The highest BCUT2D eigenvalue weighted by Gasteiger charge is 2.25. The first kappa shape index (κ1) is 16.9. The van der Waals surface area contributed by atoms with E-state index in [1.807, 2.05) is 17.0 Å². The van der Waals surface area contributed by atoms with Gasteiger partial charge in [-0.25, -0.2) is 9.97 Å². The van der Waals surface area contributed by atoms with E-state index in [0.717, 1.165) is 55.2 Å². The van der Waals surface area contributed by atoms with Crippen LogP contribution in [0.5, 0.6) is 0 Å². The SMILES string of the molecule is CC(=O)N1CCc2c(nc(-c3ccncc3)nc2NCC2CCOC2)C1. The van der Waals surface area contributed by atoms with Crippen molar-refractivity contribution in [2.75, 3.05) is 31.6 Å². The third kappa shape index (κ3) is 3.53. The van der Waals surface area contributed by atoms with E-state index in [9.17, 15) is 4.79 Å². The quantitative estimate of drug-likeness (QED) is 0.904. The number of nitrogens with one attached hydrogen (secondary N) is 1. The number of pyridine rings is 1. The van der Waals surface area contributed by atoms with Gasteiger partial charge in [-0.15, -0.1) is 0 Å². The number of aromatic nitrogens is 3. The minimum absolute atomic E-state index is 0.0809. The third-order valence-electron chi connectivity index (χ3n) is 5.03. The molecule has 1 saturated heterocycles. The van der Waals surface area contributed by atoms with Crippen molar-refractivity contribution in [2.24, 2.45) is 5.92 Å². The minimum atomic E-state index is 0.0809. The predicted octanol–water partition coefficient (Wildman–Crippen LogP) is 1.89. The summed E-state index contributed by atoms with van der Waals surface area (Å²) in [4.78, 5) is 27.2. The average Bonchev–Trinajstić information content (AvgIpc) is 3.19. The molecule has 0 radical (unpaired) electrons. The summed E-state index contributed by atoms with van der Waals surface area (Å²) in [6.07, 6.45) is 5.33. The minimum Gasteiger partial charge on any atom is -0.381 e. The maximum Gasteiger partial charge on any atom is 0.219 e. The van der Waals surface area contributed by atoms with Crippen LogP contribution in [-0.4, -0.2) is 52.1 Å². The summed E-state index contributed by atoms with van der Waals surface area (Å²) in [5, 5.41) is 3.52. The maximum atomic E-state index is 11.8. The molecule has 7 heteroatoms. The Balaban J connectivity index is 1.66. The van der Waals surface area contributed by atoms with Gasteiger partial charge in [0.1, 0.15) is 5.82 Å². The van der Waals surface area contributed by atoms with Crippen molar-refractivity contribution in [1.29, 1.82) is 0 Å². The number of hydrogen-bond acceptors (Lipinski definition) is 6. The zero-order valence-electron chi connectivity index (χ0n) is 14.9. The van der Waals surface area contributed by atoms with E-state index in [-0.39, 0.29) is 5.91 Å². The molecule has 26 heavy (non-hydrogen) atoms. The Hall–Kier alpha value is -2.54. The molecular weight excluding hydrogens is 330 g/mol. The lowest BCUT2D eigenvalue weighted by Gasteiger charge is -2.29. The lowest BCUT2D eigenvalue weighted by atomic mass is 10.0. The highest BCUT2D eigenvalue weighted by atomic mass is 16.5. The molecule has 4 rings (SSSR count). The van der Waals surface area contributed by atoms with Crippen LogP contribution >= 0.6 is 0 Å². The summed E-state index contributed by atoms with van der Waals surface area (Å²) in [7, 11) is 0. The first-order chi connectivity index (χ1) is 12.7. The standard InChI is InChI=1S/C19H23N5O2/c1-13(25)24-8-4-16-17(11-24)22-18(15-2-6-20-7-3-15)23-19(16)21-10-14-5-9-26-12-14/h2-3,6-7,14H,4-5,8-12H2,1H3,(H,21,22,23). The Kier molecular flexibility index (Phi) is 4.79. The summed E-state index contributed by atoms with van der Waals surface area (Å²) in [6, 6.07) is 3.81. The largest absolute Gasteiger partial charge is 0.381 e. The summed E-state index contributed by atoms with van der Waals surface area (Å²) >= 11 is 0. The zero-order valence-corrected chi connectivity index (χ0v) is 14.9. The van der Waals surface area contributed by atoms with Crippen LogP contribution in [0.3, 0.4) is 0 Å². The number of rotatable bonds is 4. The van der Waals surface area contributed by atoms with E-state index in [1.165, 1.54) is 0 Å². The molecular formula is C19H23N5O2. The van der Waals surface area contributed by atoms with Gasteiger partial charge in [0, 0.05) is 56.1 Å². The van der Waals surface area contributed by atoms with E-state index >= 15 is 0 Å². The molecule has 2 aromatic heterocycles. The molecule has 0 aliphatic carbocycles. The second kappa shape index (κ2) is 7.37. The Morgan fingerprint density at radius 1 is 1.35 bits per heavy atom. The normalized spacial score (nSPS) is 19.3. The second-order valence-corrected chi connectivity index (χ2v) is 6.86. The third-order valence-corrected chi connectivity index (χ3v) is 5.03. The fourth-order valence-corrected chi connectivity index (χ4v) is 3.46. The number of ether oxygens (including phenoxy) is 1. The van der Waals surface area contributed by atoms with Crippen LogP contribution < -0.4 is 5.32 Å². The number of amides is 1. The van der Waals surface area contributed by atoms with E-state index in [4.69, 9.17) is 14.7 Å². The van der Waals surface area contributed by atoms with Crippen LogP contribution in [0.2, 0.25) is 0 Å². The van der Waals surface area contributed by atoms with Crippen molar-refractivity contribution in [2.45, 2.75) is 26.3 Å². The van der Waals surface area contributed by atoms with Crippen LogP contribution in [0.4, 0.5) is 5.82 Å². The molecule has 0 spiro atoms. The number of hydrogen-bond donors (Lipinski definition) is 1. The van der Waals surface area contributed by atoms with Gasteiger partial charge in [-0.05, 0) is 25.0 Å². The molecule has 2 aliphatic heterocycles. The zero-order chi connectivity index (χ0) is 17.9. The molecule has 7 nitrogen and oxygen atoms in total. The Labute approximate surface area is 152 Å². The van der Waals surface area contributed by atoms with Gasteiger partial charge in [-0.1, -0.05) is 0 Å². The monoisotopic (exact) mass is 353 g/mol. The average molecular weight is 353 g/mol. The Bertz CT molecular complexity index is 790. The molecule has 0 bridgehead atoms. The molecule has 2 aromatic rings. The number of nitrogens with zero attached hydrogens (tertiary/aromatic N) is 4. The van der Waals surface area contributed by atoms with Gasteiger partial charge in [-0.3, -0.25) is 9.78 Å². The molecule has 1 fully saturated rings.